The van der Waals surface area contributed by atoms with Crippen LogP contribution in [0.1, 0.15) is 6.42 Å². The maximum absolute atomic E-state index is 13.8. The van der Waals surface area contributed by atoms with E-state index in [1.54, 1.807) is 0 Å². The van der Waals surface area contributed by atoms with Gasteiger partial charge in [0.1, 0.15) is 32.8 Å². The molecule has 0 amide bonds. The molecular weight excluding hydrogens is 548 g/mol. The van der Waals surface area contributed by atoms with Gasteiger partial charge >= 0.3 is 0 Å². The number of rotatable bonds is 12. The molecule has 1 aliphatic heterocycles. The summed E-state index contributed by atoms with van der Waals surface area (Å²) in [6, 6.07) is 7.58. The molecule has 206 valence electrons. The Morgan fingerprint density at radius 3 is 1.89 bits per heavy atom. The maximum atomic E-state index is 13.8. The van der Waals surface area contributed by atoms with Gasteiger partial charge in [-0.05, 0) is 30.7 Å². The second-order valence-corrected chi connectivity index (χ2v) is 13.9. The van der Waals surface area contributed by atoms with Crippen LogP contribution in [-0.4, -0.2) is 88.6 Å². The van der Waals surface area contributed by atoms with Gasteiger partial charge in [-0.2, -0.15) is 4.31 Å². The number of sulfonamides is 2. The van der Waals surface area contributed by atoms with E-state index in [4.69, 9.17) is 18.9 Å². The van der Waals surface area contributed by atoms with Crippen molar-refractivity contribution in [3.63, 3.8) is 0 Å². The molecule has 0 radical (unpaired) electrons. The summed E-state index contributed by atoms with van der Waals surface area (Å²) in [5.41, 5.74) is 0. The van der Waals surface area contributed by atoms with Crippen molar-refractivity contribution in [2.24, 2.45) is 0 Å². The van der Waals surface area contributed by atoms with Crippen LogP contribution in [0.2, 0.25) is 0 Å². The van der Waals surface area contributed by atoms with Crippen LogP contribution < -0.4 is 23.7 Å². The fourth-order valence-electron chi connectivity index (χ4n) is 3.98. The first-order chi connectivity index (χ1) is 17.4. The zero-order chi connectivity index (χ0) is 27.4. The van der Waals surface area contributed by atoms with E-state index in [9.17, 15) is 25.3 Å². The summed E-state index contributed by atoms with van der Waals surface area (Å²) in [7, 11) is -6.55. The Hall–Kier alpha value is -2.59. The van der Waals surface area contributed by atoms with Crippen molar-refractivity contribution in [1.82, 2.24) is 9.03 Å². The normalized spacial score (nSPS) is 17.5. The van der Waals surface area contributed by atoms with Crippen molar-refractivity contribution in [2.45, 2.75) is 22.3 Å². The number of hydrogen-bond acceptors (Lipinski definition) is 10. The predicted octanol–water partition coefficient (Wildman–Crippen LogP) is 0.877. The molecule has 2 aromatic carbocycles. The molecule has 0 aromatic heterocycles. The van der Waals surface area contributed by atoms with Crippen LogP contribution in [0.4, 0.5) is 0 Å². The SMILES string of the molecule is COc1ccc(OC)c(S(=O)(=O)NCCN([C@@H]2CCS(=O)(=O)C2)S(=O)(=O)c2cc(OC)ccc2OC)c1. The molecule has 0 unspecified atom stereocenters. The van der Waals surface area contributed by atoms with Crippen LogP contribution >= 0.6 is 0 Å². The van der Waals surface area contributed by atoms with Crippen molar-refractivity contribution in [1.29, 1.82) is 0 Å². The van der Waals surface area contributed by atoms with Crippen molar-refractivity contribution in [3.05, 3.63) is 36.4 Å². The number of methoxy groups -OCH3 is 4. The third-order valence-electron chi connectivity index (χ3n) is 5.86. The molecule has 1 fully saturated rings. The Balaban J connectivity index is 1.94. The standard InChI is InChI=1S/C22H30N2O10S3/c1-31-17-5-7-19(33-3)21(13-17)36(27,28)23-10-11-24(16-9-12-35(25,26)15-16)37(29,30)22-14-18(32-2)6-8-20(22)34-4/h5-8,13-14,16,23H,9-12,15H2,1-4H3/t16-/m1/s1. The topological polar surface area (TPSA) is 155 Å². The molecular formula is C22H30N2O10S3. The highest BCUT2D eigenvalue weighted by Gasteiger charge is 2.40. The largest absolute Gasteiger partial charge is 0.497 e. The first kappa shape index (κ1) is 29.0. The van der Waals surface area contributed by atoms with Gasteiger partial charge in [0.15, 0.2) is 9.84 Å². The van der Waals surface area contributed by atoms with Crippen LogP contribution in [0.15, 0.2) is 46.2 Å². The molecule has 0 bridgehead atoms. The summed E-state index contributed by atoms with van der Waals surface area (Å²) in [6.45, 7) is -0.681. The van der Waals surface area contributed by atoms with E-state index >= 15 is 0 Å². The van der Waals surface area contributed by atoms with Crippen LogP contribution in [0.3, 0.4) is 0 Å². The lowest BCUT2D eigenvalue weighted by Crippen LogP contribution is -2.45. The van der Waals surface area contributed by atoms with Gasteiger partial charge in [-0.25, -0.2) is 30.0 Å². The highest BCUT2D eigenvalue weighted by atomic mass is 32.2. The highest BCUT2D eigenvalue weighted by Crippen LogP contribution is 2.33. The predicted molar refractivity (Wildman–Crippen MR) is 135 cm³/mol. The van der Waals surface area contributed by atoms with Gasteiger partial charge < -0.3 is 18.9 Å². The zero-order valence-corrected chi connectivity index (χ0v) is 23.3. The van der Waals surface area contributed by atoms with Crippen LogP contribution in [-0.2, 0) is 29.9 Å². The van der Waals surface area contributed by atoms with Crippen molar-refractivity contribution in [3.8, 4) is 23.0 Å². The molecule has 37 heavy (non-hydrogen) atoms. The number of hydrogen-bond donors (Lipinski definition) is 1. The van der Waals surface area contributed by atoms with E-state index in [-0.39, 0.29) is 63.8 Å². The fraction of sp³-hybridized carbons (Fsp3) is 0.455. The molecule has 0 aliphatic carbocycles. The second-order valence-electron chi connectivity index (χ2n) is 8.10. The molecule has 3 rings (SSSR count). The van der Waals surface area contributed by atoms with Gasteiger partial charge in [-0.3, -0.25) is 0 Å². The van der Waals surface area contributed by atoms with E-state index in [2.05, 4.69) is 4.72 Å². The highest BCUT2D eigenvalue weighted by molar-refractivity contribution is 7.92. The molecule has 1 atom stereocenters. The quantitative estimate of drug-likeness (QED) is 0.384. The minimum atomic E-state index is -4.33. The van der Waals surface area contributed by atoms with E-state index in [0.717, 1.165) is 4.31 Å². The molecule has 0 spiro atoms. The first-order valence-corrected chi connectivity index (χ1v) is 15.8. The fourth-order valence-corrected chi connectivity index (χ4v) is 8.83. The summed E-state index contributed by atoms with van der Waals surface area (Å²) < 4.78 is 102. The van der Waals surface area contributed by atoms with Crippen LogP contribution in [0.5, 0.6) is 23.0 Å². The monoisotopic (exact) mass is 578 g/mol. The van der Waals surface area contributed by atoms with Crippen molar-refractivity contribution < 1.29 is 44.2 Å². The van der Waals surface area contributed by atoms with Gasteiger partial charge in [0.05, 0.1) is 39.9 Å². The summed E-state index contributed by atoms with van der Waals surface area (Å²) in [5.74, 6) is 0.0886. The van der Waals surface area contributed by atoms with Gasteiger partial charge in [0.25, 0.3) is 0 Å². The second kappa shape index (κ2) is 11.4. The average Bonchev–Trinajstić information content (AvgIpc) is 3.24. The van der Waals surface area contributed by atoms with E-state index in [0.29, 0.717) is 0 Å². The number of sulfone groups is 1. The Kier molecular flexibility index (Phi) is 8.95. The van der Waals surface area contributed by atoms with Crippen molar-refractivity contribution in [2.75, 3.05) is 53.0 Å². The molecule has 1 saturated heterocycles. The Morgan fingerprint density at radius 2 is 1.41 bits per heavy atom. The number of nitrogens with one attached hydrogen (secondary N) is 1. The maximum Gasteiger partial charge on any atom is 0.247 e. The summed E-state index contributed by atoms with van der Waals surface area (Å²) in [5, 5.41) is 0. The number of ether oxygens (including phenoxy) is 4. The van der Waals surface area contributed by atoms with Crippen molar-refractivity contribution >= 4 is 29.9 Å². The third-order valence-corrected chi connectivity index (χ3v) is 11.1. The van der Waals surface area contributed by atoms with Gasteiger partial charge in [-0.1, -0.05) is 0 Å². The zero-order valence-electron chi connectivity index (χ0n) is 20.8. The minimum Gasteiger partial charge on any atom is -0.497 e. The smallest absolute Gasteiger partial charge is 0.247 e. The van der Waals surface area contributed by atoms with Gasteiger partial charge in [0.2, 0.25) is 20.0 Å². The first-order valence-electron chi connectivity index (χ1n) is 11.0. The van der Waals surface area contributed by atoms with E-state index in [1.165, 1.54) is 64.8 Å². The Labute approximate surface area is 217 Å². The lowest BCUT2D eigenvalue weighted by Gasteiger charge is -2.28. The molecule has 1 N–H and O–H groups in total. The third kappa shape index (κ3) is 6.46. The minimum absolute atomic E-state index is 0.0355. The summed E-state index contributed by atoms with van der Waals surface area (Å²) >= 11 is 0. The van der Waals surface area contributed by atoms with Gasteiger partial charge in [0, 0.05) is 31.3 Å². The molecule has 1 aliphatic rings. The average molecular weight is 579 g/mol. The van der Waals surface area contributed by atoms with E-state index in [1.807, 2.05) is 0 Å². The molecule has 1 heterocycles. The summed E-state index contributed by atoms with van der Waals surface area (Å²) in [4.78, 5) is -0.419. The van der Waals surface area contributed by atoms with Crippen LogP contribution in [0.25, 0.3) is 0 Å². The van der Waals surface area contributed by atoms with Gasteiger partial charge in [-0.15, -0.1) is 0 Å². The Bertz CT molecular complexity index is 1440. The molecule has 0 saturated carbocycles. The molecule has 2 aromatic rings. The molecule has 12 nitrogen and oxygen atoms in total. The molecule has 15 heteroatoms. The van der Waals surface area contributed by atoms with Crippen LogP contribution in [0, 0.1) is 0 Å². The summed E-state index contributed by atoms with van der Waals surface area (Å²) in [6.07, 6.45) is 0.0737. The number of benzene rings is 2. The van der Waals surface area contributed by atoms with E-state index < -0.39 is 35.9 Å². The lowest BCUT2D eigenvalue weighted by molar-refractivity contribution is 0.338. The lowest BCUT2D eigenvalue weighted by atomic mass is 10.2. The number of nitrogens with zero attached hydrogens (tertiary/aromatic N) is 1. The Morgan fingerprint density at radius 1 is 0.865 bits per heavy atom.